The van der Waals surface area contributed by atoms with Gasteiger partial charge in [0, 0.05) is 17.8 Å². The lowest BCUT2D eigenvalue weighted by Gasteiger charge is -2.31. The normalized spacial score (nSPS) is 17.4. The molecule has 2 aromatic rings. The molecule has 2 unspecified atom stereocenters. The molecule has 0 bridgehead atoms. The molecular formula is C22H30N2O2S. The number of thiophene rings is 1. The number of hydrogen-bond acceptors (Lipinski definition) is 4. The Morgan fingerprint density at radius 3 is 2.63 bits per heavy atom. The first-order valence-electron chi connectivity index (χ1n) is 9.87. The lowest BCUT2D eigenvalue weighted by Crippen LogP contribution is -2.37. The van der Waals surface area contributed by atoms with Gasteiger partial charge in [-0.25, -0.2) is 0 Å². The van der Waals surface area contributed by atoms with Crippen LogP contribution < -0.4 is 5.32 Å². The van der Waals surface area contributed by atoms with E-state index >= 15 is 0 Å². The highest BCUT2D eigenvalue weighted by molar-refractivity contribution is 7.10. The molecule has 0 aliphatic carbocycles. The Bertz CT molecular complexity index is 684. The number of piperidine rings is 1. The number of benzene rings is 1. The molecule has 146 valence electrons. The van der Waals surface area contributed by atoms with Crippen molar-refractivity contribution < 1.29 is 9.90 Å². The Morgan fingerprint density at radius 1 is 1.22 bits per heavy atom. The molecule has 27 heavy (non-hydrogen) atoms. The summed E-state index contributed by atoms with van der Waals surface area (Å²) in [7, 11) is 0. The largest absolute Gasteiger partial charge is 0.386 e. The molecule has 0 radical (unpaired) electrons. The highest BCUT2D eigenvalue weighted by atomic mass is 32.1. The summed E-state index contributed by atoms with van der Waals surface area (Å²) in [5.41, 5.74) is 1.10. The number of carbonyl (C=O) groups is 1. The van der Waals surface area contributed by atoms with E-state index < -0.39 is 6.10 Å². The smallest absolute Gasteiger partial charge is 0.223 e. The molecule has 1 aromatic carbocycles. The highest BCUT2D eigenvalue weighted by Crippen LogP contribution is 2.26. The Labute approximate surface area is 166 Å². The van der Waals surface area contributed by atoms with E-state index in [4.69, 9.17) is 0 Å². The van der Waals surface area contributed by atoms with Crippen molar-refractivity contribution in [2.45, 2.75) is 38.8 Å². The first-order valence-corrected chi connectivity index (χ1v) is 10.8. The summed E-state index contributed by atoms with van der Waals surface area (Å²) in [5, 5.41) is 16.0. The second-order valence-electron chi connectivity index (χ2n) is 7.56. The zero-order chi connectivity index (χ0) is 19.1. The lowest BCUT2D eigenvalue weighted by atomic mass is 9.84. The van der Waals surface area contributed by atoms with Crippen LogP contribution >= 0.6 is 11.3 Å². The maximum absolute atomic E-state index is 13.1. The van der Waals surface area contributed by atoms with Crippen molar-refractivity contribution in [3.63, 3.8) is 0 Å². The first kappa shape index (κ1) is 20.1. The van der Waals surface area contributed by atoms with Crippen LogP contribution in [0.3, 0.4) is 0 Å². The average Bonchev–Trinajstić information content (AvgIpc) is 3.24. The standard InChI is InChI=1S/C22H30N2O2S/c1-17(19-9-11-23-12-10-19)14-22(26)24(15-18-6-3-2-4-7-18)16-20(25)21-8-5-13-27-21/h2-8,13,17,19-20,23,25H,9-12,14-16H2,1H3. The number of rotatable bonds is 8. The first-order chi connectivity index (χ1) is 13.1. The summed E-state index contributed by atoms with van der Waals surface area (Å²) in [5.74, 6) is 1.12. The Hall–Kier alpha value is -1.69. The molecule has 4 nitrogen and oxygen atoms in total. The van der Waals surface area contributed by atoms with Crippen LogP contribution in [0, 0.1) is 11.8 Å². The number of carbonyl (C=O) groups excluding carboxylic acids is 1. The van der Waals surface area contributed by atoms with Gasteiger partial charge in [0.2, 0.25) is 5.91 Å². The molecule has 1 aromatic heterocycles. The number of aliphatic hydroxyl groups is 1. The lowest BCUT2D eigenvalue weighted by molar-refractivity contribution is -0.134. The number of hydrogen-bond donors (Lipinski definition) is 2. The van der Waals surface area contributed by atoms with E-state index in [0.29, 0.717) is 31.3 Å². The molecule has 1 aliphatic heterocycles. The summed E-state index contributed by atoms with van der Waals surface area (Å²) in [6.07, 6.45) is 2.21. The van der Waals surface area contributed by atoms with Crippen LogP contribution in [0.4, 0.5) is 0 Å². The van der Waals surface area contributed by atoms with Crippen molar-refractivity contribution in [1.29, 1.82) is 0 Å². The van der Waals surface area contributed by atoms with Crippen molar-refractivity contribution in [2.24, 2.45) is 11.8 Å². The van der Waals surface area contributed by atoms with Gasteiger partial charge in [0.1, 0.15) is 6.10 Å². The molecule has 0 spiro atoms. The van der Waals surface area contributed by atoms with Gasteiger partial charge >= 0.3 is 0 Å². The number of nitrogens with zero attached hydrogens (tertiary/aromatic N) is 1. The quantitative estimate of drug-likeness (QED) is 0.725. The van der Waals surface area contributed by atoms with Crippen LogP contribution in [-0.4, -0.2) is 35.5 Å². The predicted molar refractivity (Wildman–Crippen MR) is 111 cm³/mol. The van der Waals surface area contributed by atoms with Crippen molar-refractivity contribution in [1.82, 2.24) is 10.2 Å². The van der Waals surface area contributed by atoms with Crippen LogP contribution in [0.2, 0.25) is 0 Å². The summed E-state index contributed by atoms with van der Waals surface area (Å²) in [6.45, 7) is 5.18. The van der Waals surface area contributed by atoms with E-state index in [2.05, 4.69) is 12.2 Å². The average molecular weight is 387 g/mol. The Kier molecular flexibility index (Phi) is 7.44. The van der Waals surface area contributed by atoms with Crippen LogP contribution in [0.25, 0.3) is 0 Å². The van der Waals surface area contributed by atoms with E-state index in [1.54, 1.807) is 0 Å². The molecule has 0 saturated carbocycles. The van der Waals surface area contributed by atoms with Gasteiger partial charge in [0.05, 0.1) is 6.54 Å². The minimum atomic E-state index is -0.633. The van der Waals surface area contributed by atoms with Crippen LogP contribution in [-0.2, 0) is 11.3 Å². The zero-order valence-corrected chi connectivity index (χ0v) is 16.8. The highest BCUT2D eigenvalue weighted by Gasteiger charge is 2.26. The van der Waals surface area contributed by atoms with Crippen molar-refractivity contribution in [3.8, 4) is 0 Å². The van der Waals surface area contributed by atoms with Crippen LogP contribution in [0.5, 0.6) is 0 Å². The fraction of sp³-hybridized carbons (Fsp3) is 0.500. The molecular weight excluding hydrogens is 356 g/mol. The van der Waals surface area contributed by atoms with E-state index in [9.17, 15) is 9.90 Å². The zero-order valence-electron chi connectivity index (χ0n) is 16.0. The number of nitrogens with one attached hydrogen (secondary N) is 1. The molecule has 1 fully saturated rings. The minimum absolute atomic E-state index is 0.139. The second-order valence-corrected chi connectivity index (χ2v) is 8.54. The van der Waals surface area contributed by atoms with Crippen molar-refractivity contribution in [3.05, 3.63) is 58.3 Å². The molecule has 3 rings (SSSR count). The van der Waals surface area contributed by atoms with Gasteiger partial charge in [-0.2, -0.15) is 0 Å². The fourth-order valence-electron chi connectivity index (χ4n) is 3.82. The fourth-order valence-corrected chi connectivity index (χ4v) is 4.53. The van der Waals surface area contributed by atoms with Gasteiger partial charge < -0.3 is 15.3 Å². The molecule has 5 heteroatoms. The maximum atomic E-state index is 13.1. The number of amides is 1. The van der Waals surface area contributed by atoms with E-state index in [1.807, 2.05) is 52.7 Å². The summed E-state index contributed by atoms with van der Waals surface area (Å²) >= 11 is 1.53. The monoisotopic (exact) mass is 386 g/mol. The van der Waals surface area contributed by atoms with Gasteiger partial charge in [-0.3, -0.25) is 4.79 Å². The van der Waals surface area contributed by atoms with E-state index in [-0.39, 0.29) is 5.91 Å². The number of aliphatic hydroxyl groups excluding tert-OH is 1. The third-order valence-electron chi connectivity index (χ3n) is 5.52. The van der Waals surface area contributed by atoms with Gasteiger partial charge in [-0.15, -0.1) is 11.3 Å². The minimum Gasteiger partial charge on any atom is -0.386 e. The van der Waals surface area contributed by atoms with Gasteiger partial charge in [0.25, 0.3) is 0 Å². The van der Waals surface area contributed by atoms with Crippen LogP contribution in [0.1, 0.15) is 42.7 Å². The molecule has 2 heterocycles. The summed E-state index contributed by atoms with van der Waals surface area (Å²) in [4.78, 5) is 15.8. The predicted octanol–water partition coefficient (Wildman–Crippen LogP) is 3.84. The summed E-state index contributed by atoms with van der Waals surface area (Å²) in [6, 6.07) is 13.9. The molecule has 2 atom stereocenters. The topological polar surface area (TPSA) is 52.6 Å². The third-order valence-corrected chi connectivity index (χ3v) is 6.49. The van der Waals surface area contributed by atoms with E-state index in [0.717, 1.165) is 36.4 Å². The van der Waals surface area contributed by atoms with E-state index in [1.165, 1.54) is 11.3 Å². The van der Waals surface area contributed by atoms with Gasteiger partial charge in [0.15, 0.2) is 0 Å². The maximum Gasteiger partial charge on any atom is 0.223 e. The molecule has 2 N–H and O–H groups in total. The van der Waals surface area contributed by atoms with Crippen LogP contribution in [0.15, 0.2) is 47.8 Å². The Balaban J connectivity index is 1.66. The molecule has 1 saturated heterocycles. The molecule has 1 amide bonds. The van der Waals surface area contributed by atoms with Gasteiger partial charge in [-0.05, 0) is 54.8 Å². The third kappa shape index (κ3) is 5.89. The van der Waals surface area contributed by atoms with Crippen molar-refractivity contribution in [2.75, 3.05) is 19.6 Å². The van der Waals surface area contributed by atoms with Crippen molar-refractivity contribution >= 4 is 17.2 Å². The second kappa shape index (κ2) is 10.0. The Morgan fingerprint density at radius 2 is 1.96 bits per heavy atom. The van der Waals surface area contributed by atoms with Gasteiger partial charge in [-0.1, -0.05) is 43.3 Å². The SMILES string of the molecule is CC(CC(=O)N(Cc1ccccc1)CC(O)c1cccs1)C1CCNCC1. The molecule has 1 aliphatic rings. The summed E-state index contributed by atoms with van der Waals surface area (Å²) < 4.78 is 0.